The van der Waals surface area contributed by atoms with Crippen LogP contribution in [0.3, 0.4) is 0 Å². The van der Waals surface area contributed by atoms with E-state index in [2.05, 4.69) is 20.6 Å². The number of carbonyl (C=O) groups excluding carboxylic acids is 1. The molecule has 0 saturated heterocycles. The van der Waals surface area contributed by atoms with Gasteiger partial charge in [-0.05, 0) is 42.7 Å². The molecule has 0 atom stereocenters. The zero-order valence-electron chi connectivity index (χ0n) is 14.7. The van der Waals surface area contributed by atoms with Crippen molar-refractivity contribution in [1.29, 1.82) is 0 Å². The molecule has 1 aromatic heterocycles. The molecule has 138 valence electrons. The Balaban J connectivity index is 1.57. The lowest BCUT2D eigenvalue weighted by atomic mass is 10.1. The van der Waals surface area contributed by atoms with Crippen LogP contribution < -0.4 is 10.6 Å². The molecule has 7 heteroatoms. The second kappa shape index (κ2) is 8.60. The van der Waals surface area contributed by atoms with Gasteiger partial charge in [0.05, 0.1) is 5.56 Å². The molecule has 2 N–H and O–H groups in total. The smallest absolute Gasteiger partial charge is 0.258 e. The number of carbonyl (C=O) groups is 1. The van der Waals surface area contributed by atoms with Crippen LogP contribution >= 0.6 is 11.6 Å². The van der Waals surface area contributed by atoms with Crippen molar-refractivity contribution >= 4 is 29.1 Å². The van der Waals surface area contributed by atoms with E-state index in [1.807, 2.05) is 6.92 Å². The molecule has 1 heterocycles. The summed E-state index contributed by atoms with van der Waals surface area (Å²) in [6.45, 7) is 2.31. The fraction of sp³-hybridized carbons (Fsp3) is 0.150. The van der Waals surface area contributed by atoms with Gasteiger partial charge in [0.15, 0.2) is 0 Å². The lowest BCUT2D eigenvalue weighted by Gasteiger charge is -2.10. The van der Waals surface area contributed by atoms with Gasteiger partial charge in [-0.25, -0.2) is 14.4 Å². The lowest BCUT2D eigenvalue weighted by molar-refractivity contribution is 0.102. The zero-order chi connectivity index (χ0) is 19.2. The Morgan fingerprint density at radius 1 is 1.11 bits per heavy atom. The quantitative estimate of drug-likeness (QED) is 0.657. The van der Waals surface area contributed by atoms with Crippen LogP contribution in [-0.2, 0) is 6.42 Å². The summed E-state index contributed by atoms with van der Waals surface area (Å²) in [5.41, 5.74) is 2.38. The number of anilines is 2. The van der Waals surface area contributed by atoms with Crippen molar-refractivity contribution in [2.45, 2.75) is 13.3 Å². The normalized spacial score (nSPS) is 10.5. The average Bonchev–Trinajstić information content (AvgIpc) is 2.67. The Labute approximate surface area is 161 Å². The van der Waals surface area contributed by atoms with Crippen molar-refractivity contribution in [3.63, 3.8) is 0 Å². The third-order valence-electron chi connectivity index (χ3n) is 4.07. The molecular formula is C20H18ClFN4O. The highest BCUT2D eigenvalue weighted by Gasteiger charge is 2.10. The van der Waals surface area contributed by atoms with Crippen LogP contribution in [0, 0.1) is 12.7 Å². The summed E-state index contributed by atoms with van der Waals surface area (Å²) >= 11 is 6.06. The fourth-order valence-electron chi connectivity index (χ4n) is 2.48. The van der Waals surface area contributed by atoms with Crippen molar-refractivity contribution in [2.24, 2.45) is 0 Å². The molecule has 0 spiro atoms. The Kier molecular flexibility index (Phi) is 5.98. The summed E-state index contributed by atoms with van der Waals surface area (Å²) < 4.78 is 13.6. The van der Waals surface area contributed by atoms with Gasteiger partial charge in [-0.1, -0.05) is 35.9 Å². The summed E-state index contributed by atoms with van der Waals surface area (Å²) in [4.78, 5) is 20.6. The van der Waals surface area contributed by atoms with E-state index in [-0.39, 0.29) is 11.7 Å². The number of rotatable bonds is 6. The van der Waals surface area contributed by atoms with Crippen LogP contribution in [0.15, 0.2) is 54.9 Å². The van der Waals surface area contributed by atoms with Crippen molar-refractivity contribution in [3.05, 3.63) is 82.4 Å². The summed E-state index contributed by atoms with van der Waals surface area (Å²) in [5, 5.41) is 6.39. The molecule has 0 bridgehead atoms. The minimum Gasteiger partial charge on any atom is -0.354 e. The Bertz CT molecular complexity index is 947. The average molecular weight is 385 g/mol. The summed E-state index contributed by atoms with van der Waals surface area (Å²) in [7, 11) is 0. The van der Waals surface area contributed by atoms with Crippen LogP contribution in [-0.4, -0.2) is 22.4 Å². The first-order valence-electron chi connectivity index (χ1n) is 8.40. The molecule has 3 rings (SSSR count). The van der Waals surface area contributed by atoms with Gasteiger partial charge in [0.2, 0.25) is 5.95 Å². The SMILES string of the molecule is Cc1c(Cl)cccc1NC(=O)c1cnc(NCCc2ccccc2F)nc1. The van der Waals surface area contributed by atoms with Crippen LogP contribution in [0.25, 0.3) is 0 Å². The molecule has 0 aliphatic rings. The fourth-order valence-corrected chi connectivity index (χ4v) is 2.66. The molecule has 0 aliphatic heterocycles. The molecular weight excluding hydrogens is 367 g/mol. The van der Waals surface area contributed by atoms with E-state index in [9.17, 15) is 9.18 Å². The maximum atomic E-state index is 13.6. The van der Waals surface area contributed by atoms with Crippen molar-refractivity contribution in [3.8, 4) is 0 Å². The van der Waals surface area contributed by atoms with E-state index in [1.165, 1.54) is 18.5 Å². The first-order valence-corrected chi connectivity index (χ1v) is 8.78. The van der Waals surface area contributed by atoms with Gasteiger partial charge in [-0.3, -0.25) is 4.79 Å². The Hall–Kier alpha value is -2.99. The third-order valence-corrected chi connectivity index (χ3v) is 4.47. The van der Waals surface area contributed by atoms with Gasteiger partial charge in [-0.2, -0.15) is 0 Å². The highest BCUT2D eigenvalue weighted by atomic mass is 35.5. The van der Waals surface area contributed by atoms with Crippen molar-refractivity contribution < 1.29 is 9.18 Å². The maximum absolute atomic E-state index is 13.6. The van der Waals surface area contributed by atoms with Gasteiger partial charge in [0.1, 0.15) is 5.82 Å². The van der Waals surface area contributed by atoms with Gasteiger partial charge in [0.25, 0.3) is 5.91 Å². The van der Waals surface area contributed by atoms with Crippen molar-refractivity contribution in [2.75, 3.05) is 17.2 Å². The van der Waals surface area contributed by atoms with E-state index >= 15 is 0 Å². The second-order valence-corrected chi connectivity index (χ2v) is 6.34. The number of halogens is 2. The molecule has 0 radical (unpaired) electrons. The number of nitrogens with zero attached hydrogens (tertiary/aromatic N) is 2. The van der Waals surface area contributed by atoms with Crippen LogP contribution in [0.4, 0.5) is 16.0 Å². The Morgan fingerprint density at radius 2 is 1.85 bits per heavy atom. The number of amides is 1. The van der Waals surface area contributed by atoms with Gasteiger partial charge in [-0.15, -0.1) is 0 Å². The molecule has 5 nitrogen and oxygen atoms in total. The van der Waals surface area contributed by atoms with Crippen molar-refractivity contribution in [1.82, 2.24) is 9.97 Å². The molecule has 0 aliphatic carbocycles. The molecule has 0 fully saturated rings. The standard InChI is InChI=1S/C20H18ClFN4O/c1-13-16(21)6-4-8-18(13)26-19(27)15-11-24-20(25-12-15)23-10-9-14-5-2-3-7-17(14)22/h2-8,11-12H,9-10H2,1H3,(H,26,27)(H,23,24,25). The van der Waals surface area contributed by atoms with E-state index in [0.29, 0.717) is 40.8 Å². The molecule has 2 aromatic carbocycles. The number of aromatic nitrogens is 2. The molecule has 0 saturated carbocycles. The predicted molar refractivity (Wildman–Crippen MR) is 105 cm³/mol. The van der Waals surface area contributed by atoms with Crippen LogP contribution in [0.1, 0.15) is 21.5 Å². The van der Waals surface area contributed by atoms with Crippen LogP contribution in [0.2, 0.25) is 5.02 Å². The monoisotopic (exact) mass is 384 g/mol. The topological polar surface area (TPSA) is 66.9 Å². The summed E-state index contributed by atoms with van der Waals surface area (Å²) in [6, 6.07) is 11.9. The maximum Gasteiger partial charge on any atom is 0.258 e. The molecule has 27 heavy (non-hydrogen) atoms. The minimum atomic E-state index is -0.321. The molecule has 0 unspecified atom stereocenters. The molecule has 3 aromatic rings. The molecule has 1 amide bonds. The number of hydrogen-bond acceptors (Lipinski definition) is 4. The highest BCUT2D eigenvalue weighted by molar-refractivity contribution is 6.31. The predicted octanol–water partition coefficient (Wildman–Crippen LogP) is 4.48. The van der Waals surface area contributed by atoms with Crippen LogP contribution in [0.5, 0.6) is 0 Å². The summed E-state index contributed by atoms with van der Waals surface area (Å²) in [6.07, 6.45) is 3.38. The first kappa shape index (κ1) is 18.8. The number of hydrogen-bond donors (Lipinski definition) is 2. The third kappa shape index (κ3) is 4.80. The van der Waals surface area contributed by atoms with E-state index in [1.54, 1.807) is 36.4 Å². The number of benzene rings is 2. The first-order chi connectivity index (χ1) is 13.0. The Morgan fingerprint density at radius 3 is 2.59 bits per heavy atom. The van der Waals surface area contributed by atoms with E-state index < -0.39 is 0 Å². The van der Waals surface area contributed by atoms with Gasteiger partial charge < -0.3 is 10.6 Å². The second-order valence-electron chi connectivity index (χ2n) is 5.93. The van der Waals surface area contributed by atoms with E-state index in [4.69, 9.17) is 11.6 Å². The summed E-state index contributed by atoms with van der Waals surface area (Å²) in [5.74, 6) is -0.177. The highest BCUT2D eigenvalue weighted by Crippen LogP contribution is 2.23. The largest absolute Gasteiger partial charge is 0.354 e. The van der Waals surface area contributed by atoms with Gasteiger partial charge >= 0.3 is 0 Å². The van der Waals surface area contributed by atoms with E-state index in [0.717, 1.165) is 5.56 Å². The minimum absolute atomic E-state index is 0.233. The number of nitrogens with one attached hydrogen (secondary N) is 2. The lowest BCUT2D eigenvalue weighted by Crippen LogP contribution is -2.15. The van der Waals surface area contributed by atoms with Gasteiger partial charge in [0, 0.05) is 29.6 Å². The zero-order valence-corrected chi connectivity index (χ0v) is 15.4.